The Morgan fingerprint density at radius 3 is 2.75 bits per heavy atom. The molecule has 5 nitrogen and oxygen atoms in total. The molecule has 5 heteroatoms. The smallest absolute Gasteiger partial charge is 0.140 e. The molecule has 0 aliphatic rings. The van der Waals surface area contributed by atoms with E-state index in [0.29, 0.717) is 12.3 Å². The summed E-state index contributed by atoms with van der Waals surface area (Å²) < 4.78 is 1.95. The van der Waals surface area contributed by atoms with Crippen LogP contribution in [0.4, 0.5) is 5.82 Å². The molecule has 0 bridgehead atoms. The van der Waals surface area contributed by atoms with Crippen LogP contribution in [0.3, 0.4) is 0 Å². The Hall–Kier alpha value is -1.88. The van der Waals surface area contributed by atoms with Gasteiger partial charge in [-0.25, -0.2) is 9.97 Å². The third-order valence-corrected chi connectivity index (χ3v) is 3.39. The van der Waals surface area contributed by atoms with Gasteiger partial charge in [0.2, 0.25) is 0 Å². The molecule has 0 fully saturated rings. The maximum atomic E-state index is 9.13. The first-order valence-corrected chi connectivity index (χ1v) is 6.96. The summed E-state index contributed by atoms with van der Waals surface area (Å²) >= 11 is 0. The first-order chi connectivity index (χ1) is 9.61. The molecular formula is C15H22N4O. The predicted molar refractivity (Wildman–Crippen MR) is 80.0 cm³/mol. The van der Waals surface area contributed by atoms with Crippen LogP contribution in [0.25, 0.3) is 5.82 Å². The van der Waals surface area contributed by atoms with Gasteiger partial charge in [0, 0.05) is 25.0 Å². The molecule has 0 aromatic carbocycles. The number of rotatable bonds is 6. The molecule has 2 aromatic rings. The van der Waals surface area contributed by atoms with Crippen molar-refractivity contribution in [1.29, 1.82) is 0 Å². The number of hydrogen-bond donors (Lipinski definition) is 2. The predicted octanol–water partition coefficient (Wildman–Crippen LogP) is 2.39. The second kappa shape index (κ2) is 6.52. The fourth-order valence-electron chi connectivity index (χ4n) is 2.16. The highest BCUT2D eigenvalue weighted by Crippen LogP contribution is 2.16. The van der Waals surface area contributed by atoms with Crippen molar-refractivity contribution in [3.8, 4) is 5.82 Å². The number of aryl methyl sites for hydroxylation is 1. The minimum absolute atomic E-state index is 0.177. The third kappa shape index (κ3) is 3.36. The van der Waals surface area contributed by atoms with Crippen LogP contribution >= 0.6 is 0 Å². The molecule has 0 radical (unpaired) electrons. The Bertz CT molecular complexity index is 550. The van der Waals surface area contributed by atoms with Gasteiger partial charge < -0.3 is 10.4 Å². The summed E-state index contributed by atoms with van der Waals surface area (Å²) in [4.78, 5) is 8.82. The molecule has 0 saturated heterocycles. The maximum absolute atomic E-state index is 9.13. The number of nitrogens with zero attached hydrogens (tertiary/aromatic N) is 3. The van der Waals surface area contributed by atoms with Crippen LogP contribution in [0.15, 0.2) is 30.6 Å². The van der Waals surface area contributed by atoms with Crippen LogP contribution in [0.1, 0.15) is 26.1 Å². The molecular weight excluding hydrogens is 252 g/mol. The molecule has 0 aliphatic carbocycles. The zero-order valence-corrected chi connectivity index (χ0v) is 12.2. The Kier molecular flexibility index (Phi) is 4.74. The van der Waals surface area contributed by atoms with Crippen molar-refractivity contribution in [2.75, 3.05) is 11.9 Å². The van der Waals surface area contributed by atoms with Gasteiger partial charge in [0.1, 0.15) is 17.5 Å². The van der Waals surface area contributed by atoms with Gasteiger partial charge in [0.15, 0.2) is 0 Å². The van der Waals surface area contributed by atoms with Gasteiger partial charge in [-0.3, -0.25) is 4.57 Å². The molecule has 1 unspecified atom stereocenters. The maximum Gasteiger partial charge on any atom is 0.140 e. The van der Waals surface area contributed by atoms with Crippen molar-refractivity contribution in [3.63, 3.8) is 0 Å². The number of anilines is 1. The Morgan fingerprint density at radius 2 is 2.15 bits per heavy atom. The summed E-state index contributed by atoms with van der Waals surface area (Å²) in [5, 5.41) is 12.5. The molecule has 0 aliphatic heterocycles. The average molecular weight is 274 g/mol. The van der Waals surface area contributed by atoms with E-state index in [0.717, 1.165) is 17.5 Å². The number of aliphatic hydroxyl groups excluding tert-OH is 1. The van der Waals surface area contributed by atoms with E-state index in [4.69, 9.17) is 5.11 Å². The summed E-state index contributed by atoms with van der Waals surface area (Å²) in [7, 11) is 0. The van der Waals surface area contributed by atoms with Crippen LogP contribution in [-0.2, 0) is 0 Å². The summed E-state index contributed by atoms with van der Waals surface area (Å²) in [5.74, 6) is 3.01. The van der Waals surface area contributed by atoms with Crippen LogP contribution in [0.2, 0.25) is 0 Å². The van der Waals surface area contributed by atoms with Crippen LogP contribution in [-0.4, -0.2) is 32.3 Å². The fourth-order valence-corrected chi connectivity index (χ4v) is 2.16. The Labute approximate surface area is 119 Å². The van der Waals surface area contributed by atoms with E-state index in [1.807, 2.05) is 35.9 Å². The number of aromatic nitrogens is 3. The van der Waals surface area contributed by atoms with Gasteiger partial charge >= 0.3 is 0 Å². The van der Waals surface area contributed by atoms with Gasteiger partial charge in [0.05, 0.1) is 0 Å². The number of aliphatic hydroxyl groups is 1. The van der Waals surface area contributed by atoms with E-state index >= 15 is 0 Å². The number of pyridine rings is 1. The minimum Gasteiger partial charge on any atom is -0.396 e. The lowest BCUT2D eigenvalue weighted by Gasteiger charge is -2.22. The van der Waals surface area contributed by atoms with Gasteiger partial charge in [-0.05, 0) is 31.4 Å². The molecule has 2 aromatic heterocycles. The van der Waals surface area contributed by atoms with Crippen LogP contribution in [0.5, 0.6) is 0 Å². The Morgan fingerprint density at radius 1 is 1.35 bits per heavy atom. The summed E-state index contributed by atoms with van der Waals surface area (Å²) in [6, 6.07) is 6.09. The SMILES string of the molecule is Cc1nccn1-c1cccc(NC(CCO)C(C)C)n1. The van der Waals surface area contributed by atoms with Gasteiger partial charge in [0.25, 0.3) is 0 Å². The largest absolute Gasteiger partial charge is 0.396 e. The second-order valence-electron chi connectivity index (χ2n) is 5.23. The van der Waals surface area contributed by atoms with Gasteiger partial charge in [-0.15, -0.1) is 0 Å². The number of imidazole rings is 1. The molecule has 20 heavy (non-hydrogen) atoms. The normalized spacial score (nSPS) is 12.7. The first kappa shape index (κ1) is 14.5. The molecule has 2 N–H and O–H groups in total. The lowest BCUT2D eigenvalue weighted by molar-refractivity contribution is 0.267. The Balaban J connectivity index is 2.19. The summed E-state index contributed by atoms with van der Waals surface area (Å²) in [5.41, 5.74) is 0. The molecule has 2 rings (SSSR count). The molecule has 1 atom stereocenters. The van der Waals surface area contributed by atoms with E-state index in [1.165, 1.54) is 0 Å². The molecule has 108 valence electrons. The zero-order chi connectivity index (χ0) is 14.5. The van der Waals surface area contributed by atoms with Crippen molar-refractivity contribution < 1.29 is 5.11 Å². The molecule has 0 spiro atoms. The van der Waals surface area contributed by atoms with E-state index in [2.05, 4.69) is 29.1 Å². The quantitative estimate of drug-likeness (QED) is 0.849. The lowest BCUT2D eigenvalue weighted by Crippen LogP contribution is -2.27. The summed E-state index contributed by atoms with van der Waals surface area (Å²) in [6.45, 7) is 6.40. The van der Waals surface area contributed by atoms with E-state index < -0.39 is 0 Å². The minimum atomic E-state index is 0.177. The zero-order valence-electron chi connectivity index (χ0n) is 12.2. The standard InChI is InChI=1S/C15H22N4O/c1-11(2)13(7-10-20)17-14-5-4-6-15(18-14)19-9-8-16-12(19)3/h4-6,8-9,11,13,20H,7,10H2,1-3H3,(H,17,18). The highest BCUT2D eigenvalue weighted by Gasteiger charge is 2.13. The van der Waals surface area contributed by atoms with Crippen LogP contribution in [0, 0.1) is 12.8 Å². The highest BCUT2D eigenvalue weighted by molar-refractivity contribution is 5.41. The molecule has 0 amide bonds. The van der Waals surface area contributed by atoms with E-state index in [-0.39, 0.29) is 12.6 Å². The highest BCUT2D eigenvalue weighted by atomic mass is 16.3. The van der Waals surface area contributed by atoms with Crippen molar-refractivity contribution in [2.45, 2.75) is 33.2 Å². The third-order valence-electron chi connectivity index (χ3n) is 3.39. The lowest BCUT2D eigenvalue weighted by atomic mass is 10.0. The van der Waals surface area contributed by atoms with Crippen molar-refractivity contribution in [1.82, 2.24) is 14.5 Å². The van der Waals surface area contributed by atoms with Crippen molar-refractivity contribution in [2.24, 2.45) is 5.92 Å². The monoisotopic (exact) mass is 274 g/mol. The molecule has 0 saturated carbocycles. The topological polar surface area (TPSA) is 63.0 Å². The fraction of sp³-hybridized carbons (Fsp3) is 0.467. The van der Waals surface area contributed by atoms with Gasteiger partial charge in [-0.2, -0.15) is 0 Å². The van der Waals surface area contributed by atoms with E-state index in [9.17, 15) is 0 Å². The van der Waals surface area contributed by atoms with Crippen molar-refractivity contribution >= 4 is 5.82 Å². The first-order valence-electron chi connectivity index (χ1n) is 6.96. The van der Waals surface area contributed by atoms with E-state index in [1.54, 1.807) is 6.20 Å². The average Bonchev–Trinajstić information content (AvgIpc) is 2.85. The molecule has 2 heterocycles. The number of nitrogens with one attached hydrogen (secondary N) is 1. The van der Waals surface area contributed by atoms with Crippen LogP contribution < -0.4 is 5.32 Å². The number of hydrogen-bond acceptors (Lipinski definition) is 4. The second-order valence-corrected chi connectivity index (χ2v) is 5.23. The summed E-state index contributed by atoms with van der Waals surface area (Å²) in [6.07, 6.45) is 4.38. The van der Waals surface area contributed by atoms with Gasteiger partial charge in [-0.1, -0.05) is 19.9 Å². The van der Waals surface area contributed by atoms with Crippen molar-refractivity contribution in [3.05, 3.63) is 36.4 Å².